The second-order valence-electron chi connectivity index (χ2n) is 11.0. The molecular formula is C27H38N8O4. The molecule has 3 N–H and O–H groups in total. The maximum Gasteiger partial charge on any atom is 0.327 e. The van der Waals surface area contributed by atoms with E-state index in [4.69, 9.17) is 4.74 Å². The third-order valence-electron chi connectivity index (χ3n) is 6.89. The molecule has 0 radical (unpaired) electrons. The summed E-state index contributed by atoms with van der Waals surface area (Å²) in [7, 11) is 2.16. The molecule has 12 nitrogen and oxygen atoms in total. The molecule has 2 aliphatic rings. The van der Waals surface area contributed by atoms with Crippen molar-refractivity contribution in [1.29, 1.82) is 0 Å². The van der Waals surface area contributed by atoms with Gasteiger partial charge in [-0.2, -0.15) is 0 Å². The first-order valence-electron chi connectivity index (χ1n) is 13.3. The van der Waals surface area contributed by atoms with E-state index < -0.39 is 17.4 Å². The molecule has 2 aromatic heterocycles. The van der Waals surface area contributed by atoms with Crippen LogP contribution in [0.4, 0.5) is 21.2 Å². The molecule has 5 amide bonds. The summed E-state index contributed by atoms with van der Waals surface area (Å²) in [6.45, 7) is 11.0. The van der Waals surface area contributed by atoms with E-state index in [1.54, 1.807) is 51.2 Å². The Balaban J connectivity index is 1.25. The Hall–Kier alpha value is -3.77. The van der Waals surface area contributed by atoms with Crippen molar-refractivity contribution in [3.05, 3.63) is 36.7 Å². The van der Waals surface area contributed by atoms with Gasteiger partial charge in [0.05, 0.1) is 6.20 Å². The Morgan fingerprint density at radius 1 is 0.897 bits per heavy atom. The summed E-state index contributed by atoms with van der Waals surface area (Å²) < 4.78 is 5.85. The van der Waals surface area contributed by atoms with Gasteiger partial charge in [-0.3, -0.25) is 25.6 Å². The maximum absolute atomic E-state index is 12.9. The largest absolute Gasteiger partial charge is 0.456 e. The standard InChI is InChI=1S/C27H38N8O4/c1-27(2,3)24(36)32-25(37)30-22-6-5-21(18-29-22)39-20-7-10-28-23(17-20)31-26(38)35-11-8-19(9-12-35)34-15-13-33(4)14-16-34/h5-7,10,17-19H,8-9,11-16H2,1-4H3,(H,28,31,38)(H2,29,30,32,36,37). The number of carbonyl (C=O) groups excluding carboxylic acids is 3. The van der Waals surface area contributed by atoms with E-state index >= 15 is 0 Å². The maximum atomic E-state index is 12.9. The number of nitrogens with one attached hydrogen (secondary N) is 3. The van der Waals surface area contributed by atoms with Crippen LogP contribution in [0.1, 0.15) is 33.6 Å². The summed E-state index contributed by atoms with van der Waals surface area (Å²) >= 11 is 0. The molecule has 2 aromatic rings. The average Bonchev–Trinajstić information content (AvgIpc) is 2.90. The quantitative estimate of drug-likeness (QED) is 0.529. The Bertz CT molecular complexity index is 1150. The molecule has 0 aromatic carbocycles. The van der Waals surface area contributed by atoms with Gasteiger partial charge in [-0.25, -0.2) is 19.6 Å². The third-order valence-corrected chi connectivity index (χ3v) is 6.89. The second kappa shape index (κ2) is 12.4. The van der Waals surface area contributed by atoms with E-state index in [2.05, 4.69) is 42.8 Å². The zero-order valence-corrected chi connectivity index (χ0v) is 23.1. The molecule has 39 heavy (non-hydrogen) atoms. The number of imide groups is 1. The van der Waals surface area contributed by atoms with E-state index in [0.29, 0.717) is 36.4 Å². The fraction of sp³-hybridized carbons (Fsp3) is 0.519. The zero-order valence-electron chi connectivity index (χ0n) is 23.1. The third kappa shape index (κ3) is 8.11. The molecule has 0 atom stereocenters. The number of aromatic nitrogens is 2. The predicted octanol–water partition coefficient (Wildman–Crippen LogP) is 3.21. The molecule has 2 saturated heterocycles. The highest BCUT2D eigenvalue weighted by molar-refractivity contribution is 6.02. The number of carbonyl (C=O) groups is 3. The summed E-state index contributed by atoms with van der Waals surface area (Å²) in [4.78, 5) is 52.0. The molecule has 0 spiro atoms. The number of nitrogens with zero attached hydrogens (tertiary/aromatic N) is 5. The summed E-state index contributed by atoms with van der Waals surface area (Å²) in [6, 6.07) is 6.23. The van der Waals surface area contributed by atoms with Gasteiger partial charge in [0.2, 0.25) is 5.91 Å². The fourth-order valence-corrected chi connectivity index (χ4v) is 4.44. The fourth-order valence-electron chi connectivity index (χ4n) is 4.44. The first kappa shape index (κ1) is 28.2. The predicted molar refractivity (Wildman–Crippen MR) is 148 cm³/mol. The van der Waals surface area contributed by atoms with Crippen molar-refractivity contribution in [3.8, 4) is 11.5 Å². The lowest BCUT2D eigenvalue weighted by molar-refractivity contribution is -0.127. The Kier molecular flexibility index (Phi) is 8.97. The Labute approximate surface area is 229 Å². The first-order valence-corrected chi connectivity index (χ1v) is 13.3. The molecule has 0 unspecified atom stereocenters. The van der Waals surface area contributed by atoms with E-state index in [9.17, 15) is 14.4 Å². The van der Waals surface area contributed by atoms with Crippen LogP contribution in [-0.2, 0) is 4.79 Å². The molecule has 2 aliphatic heterocycles. The van der Waals surface area contributed by atoms with Crippen LogP contribution < -0.4 is 20.7 Å². The smallest absolute Gasteiger partial charge is 0.327 e. The number of likely N-dealkylation sites (tertiary alicyclic amines) is 1. The van der Waals surface area contributed by atoms with E-state index in [1.165, 1.54) is 6.20 Å². The molecule has 4 rings (SSSR count). The van der Waals surface area contributed by atoms with Crippen LogP contribution in [0, 0.1) is 5.41 Å². The van der Waals surface area contributed by atoms with E-state index in [1.807, 2.05) is 4.90 Å². The average molecular weight is 539 g/mol. The van der Waals surface area contributed by atoms with Crippen LogP contribution in [0.25, 0.3) is 0 Å². The molecule has 0 saturated carbocycles. The summed E-state index contributed by atoms with van der Waals surface area (Å²) in [5, 5.41) is 7.67. The van der Waals surface area contributed by atoms with Gasteiger partial charge in [0.1, 0.15) is 23.1 Å². The van der Waals surface area contributed by atoms with Crippen LogP contribution in [-0.4, -0.2) is 95.0 Å². The topological polar surface area (TPSA) is 132 Å². The van der Waals surface area contributed by atoms with Crippen molar-refractivity contribution in [2.75, 3.05) is 56.9 Å². The molecule has 2 fully saturated rings. The number of hydrogen-bond acceptors (Lipinski definition) is 8. The van der Waals surface area contributed by atoms with Gasteiger partial charge in [-0.05, 0) is 38.1 Å². The second-order valence-corrected chi connectivity index (χ2v) is 11.0. The highest BCUT2D eigenvalue weighted by Crippen LogP contribution is 2.24. The number of urea groups is 2. The number of likely N-dealkylation sites (N-methyl/N-ethyl adjacent to an activating group) is 1. The summed E-state index contributed by atoms with van der Waals surface area (Å²) in [5.41, 5.74) is -0.688. The van der Waals surface area contributed by atoms with Crippen molar-refractivity contribution >= 4 is 29.6 Å². The summed E-state index contributed by atoms with van der Waals surface area (Å²) in [5.74, 6) is 1.17. The lowest BCUT2D eigenvalue weighted by Gasteiger charge is -2.42. The number of rotatable bonds is 5. The van der Waals surface area contributed by atoms with E-state index in [0.717, 1.165) is 39.0 Å². The van der Waals surface area contributed by atoms with Gasteiger partial charge in [-0.15, -0.1) is 0 Å². The normalized spacial score (nSPS) is 17.4. The zero-order chi connectivity index (χ0) is 28.0. The van der Waals surface area contributed by atoms with Crippen molar-refractivity contribution in [2.45, 2.75) is 39.7 Å². The van der Waals surface area contributed by atoms with Gasteiger partial charge in [0.25, 0.3) is 0 Å². The monoisotopic (exact) mass is 538 g/mol. The van der Waals surface area contributed by atoms with Crippen LogP contribution in [0.5, 0.6) is 11.5 Å². The minimum atomic E-state index is -0.688. The van der Waals surface area contributed by atoms with Crippen LogP contribution in [0.15, 0.2) is 36.7 Å². The van der Waals surface area contributed by atoms with Gasteiger partial charge in [0.15, 0.2) is 0 Å². The van der Waals surface area contributed by atoms with Crippen molar-refractivity contribution < 1.29 is 19.1 Å². The molecule has 4 heterocycles. The first-order chi connectivity index (χ1) is 18.6. The van der Waals surface area contributed by atoms with Gasteiger partial charge in [0, 0.05) is 63.0 Å². The van der Waals surface area contributed by atoms with Crippen molar-refractivity contribution in [2.24, 2.45) is 5.41 Å². The van der Waals surface area contributed by atoms with Crippen LogP contribution in [0.3, 0.4) is 0 Å². The van der Waals surface area contributed by atoms with Gasteiger partial charge in [-0.1, -0.05) is 20.8 Å². The molecule has 12 heteroatoms. The molecule has 0 aliphatic carbocycles. The number of ether oxygens (including phenoxy) is 1. The molecular weight excluding hydrogens is 500 g/mol. The number of pyridine rings is 2. The minimum absolute atomic E-state index is 0.170. The number of amides is 5. The lowest BCUT2D eigenvalue weighted by Crippen LogP contribution is -2.53. The molecule has 0 bridgehead atoms. The lowest BCUT2D eigenvalue weighted by atomic mass is 9.96. The number of piperazine rings is 1. The number of anilines is 2. The van der Waals surface area contributed by atoms with Crippen molar-refractivity contribution in [1.82, 2.24) is 30.0 Å². The Morgan fingerprint density at radius 2 is 1.62 bits per heavy atom. The van der Waals surface area contributed by atoms with Crippen LogP contribution in [0.2, 0.25) is 0 Å². The number of piperidine rings is 1. The highest BCUT2D eigenvalue weighted by Gasteiger charge is 2.28. The SMILES string of the molecule is CN1CCN(C2CCN(C(=O)Nc3cc(Oc4ccc(NC(=O)NC(=O)C(C)(C)C)nc4)ccn3)CC2)CC1. The van der Waals surface area contributed by atoms with Gasteiger partial charge >= 0.3 is 12.1 Å². The highest BCUT2D eigenvalue weighted by atomic mass is 16.5. The van der Waals surface area contributed by atoms with Crippen molar-refractivity contribution in [3.63, 3.8) is 0 Å². The number of hydrogen-bond donors (Lipinski definition) is 3. The minimum Gasteiger partial charge on any atom is -0.456 e. The summed E-state index contributed by atoms with van der Waals surface area (Å²) in [6.07, 6.45) is 4.95. The van der Waals surface area contributed by atoms with Gasteiger partial charge < -0.3 is 14.5 Å². The van der Waals surface area contributed by atoms with E-state index in [-0.39, 0.29) is 11.8 Å². The van der Waals surface area contributed by atoms with Crippen LogP contribution >= 0.6 is 0 Å². The molecule has 210 valence electrons. The Morgan fingerprint density at radius 3 is 2.26 bits per heavy atom.